The minimum absolute atomic E-state index is 0.00144. The van der Waals surface area contributed by atoms with Crippen LogP contribution in [0.2, 0.25) is 0 Å². The van der Waals surface area contributed by atoms with Crippen molar-refractivity contribution in [1.82, 2.24) is 4.90 Å². The molecule has 2 rings (SSSR count). The van der Waals surface area contributed by atoms with Gasteiger partial charge >= 0.3 is 6.09 Å². The normalized spacial score (nSPS) is 29.0. The van der Waals surface area contributed by atoms with Crippen molar-refractivity contribution in [3.8, 4) is 0 Å². The van der Waals surface area contributed by atoms with Gasteiger partial charge in [-0.3, -0.25) is 0 Å². The summed E-state index contributed by atoms with van der Waals surface area (Å²) in [5.74, 6) is 0. The topological polar surface area (TPSA) is 49.8 Å². The first-order valence-corrected chi connectivity index (χ1v) is 5.33. The van der Waals surface area contributed by atoms with Gasteiger partial charge in [0.25, 0.3) is 0 Å². The molecule has 80 valence electrons. The molecule has 1 saturated carbocycles. The molecule has 0 radical (unpaired) electrons. The van der Waals surface area contributed by atoms with Crippen molar-refractivity contribution in [2.75, 3.05) is 13.2 Å². The van der Waals surface area contributed by atoms with Crippen LogP contribution in [0.4, 0.5) is 4.79 Å². The lowest BCUT2D eigenvalue weighted by Gasteiger charge is -2.27. The number of hydrogen-bond acceptors (Lipinski definition) is 3. The van der Waals surface area contributed by atoms with Crippen molar-refractivity contribution in [3.05, 3.63) is 0 Å². The van der Waals surface area contributed by atoms with Gasteiger partial charge < -0.3 is 14.7 Å². The predicted molar refractivity (Wildman–Crippen MR) is 50.9 cm³/mol. The van der Waals surface area contributed by atoms with Gasteiger partial charge in [-0.1, -0.05) is 0 Å². The van der Waals surface area contributed by atoms with Gasteiger partial charge in [0.2, 0.25) is 0 Å². The molecule has 1 atom stereocenters. The molecule has 2 aliphatic rings. The number of amides is 1. The monoisotopic (exact) mass is 199 g/mol. The molecule has 0 aromatic rings. The molecule has 0 unspecified atom stereocenters. The van der Waals surface area contributed by atoms with E-state index in [0.29, 0.717) is 6.61 Å². The fourth-order valence-corrected chi connectivity index (χ4v) is 2.21. The molecule has 1 N–H and O–H groups in total. The van der Waals surface area contributed by atoms with E-state index in [9.17, 15) is 9.90 Å². The summed E-state index contributed by atoms with van der Waals surface area (Å²) >= 11 is 0. The zero-order valence-corrected chi connectivity index (χ0v) is 8.53. The van der Waals surface area contributed by atoms with Gasteiger partial charge in [-0.2, -0.15) is 0 Å². The Kier molecular flexibility index (Phi) is 2.39. The highest BCUT2D eigenvalue weighted by molar-refractivity contribution is 5.68. The Bertz CT molecular complexity index is 238. The van der Waals surface area contributed by atoms with E-state index in [1.807, 2.05) is 0 Å². The first-order chi connectivity index (χ1) is 6.67. The van der Waals surface area contributed by atoms with Gasteiger partial charge in [0.1, 0.15) is 0 Å². The van der Waals surface area contributed by atoms with E-state index >= 15 is 0 Å². The van der Waals surface area contributed by atoms with E-state index in [4.69, 9.17) is 4.74 Å². The number of aliphatic hydroxyl groups is 1. The summed E-state index contributed by atoms with van der Waals surface area (Å²) in [7, 11) is 0. The molecule has 0 spiro atoms. The molecule has 4 nitrogen and oxygen atoms in total. The third kappa shape index (κ3) is 1.59. The maximum atomic E-state index is 11.5. The Morgan fingerprint density at radius 2 is 2.36 bits per heavy atom. The Hall–Kier alpha value is -0.770. The zero-order chi connectivity index (χ0) is 10.2. The molecule has 0 bridgehead atoms. The number of ether oxygens (including phenoxy) is 1. The van der Waals surface area contributed by atoms with E-state index in [0.717, 1.165) is 32.2 Å². The Balaban J connectivity index is 2.00. The number of rotatable bonds is 2. The number of nitrogens with zero attached hydrogens (tertiary/aromatic N) is 1. The van der Waals surface area contributed by atoms with Crippen molar-refractivity contribution >= 4 is 6.09 Å². The second kappa shape index (κ2) is 3.42. The first kappa shape index (κ1) is 9.77. The fraction of sp³-hybridized carbons (Fsp3) is 0.900. The molecule has 0 aromatic heterocycles. The van der Waals surface area contributed by atoms with Crippen LogP contribution < -0.4 is 0 Å². The third-order valence-electron chi connectivity index (χ3n) is 3.14. The summed E-state index contributed by atoms with van der Waals surface area (Å²) in [4.78, 5) is 13.2. The van der Waals surface area contributed by atoms with Crippen molar-refractivity contribution in [3.63, 3.8) is 0 Å². The lowest BCUT2D eigenvalue weighted by Crippen LogP contribution is -2.44. The molecular weight excluding hydrogens is 182 g/mol. The van der Waals surface area contributed by atoms with Crippen molar-refractivity contribution in [2.24, 2.45) is 0 Å². The Labute approximate surface area is 83.8 Å². The Morgan fingerprint density at radius 3 is 2.93 bits per heavy atom. The van der Waals surface area contributed by atoms with Gasteiger partial charge in [0.15, 0.2) is 0 Å². The van der Waals surface area contributed by atoms with E-state index in [2.05, 4.69) is 0 Å². The molecule has 4 heteroatoms. The van der Waals surface area contributed by atoms with Crippen LogP contribution in [0.1, 0.15) is 32.6 Å². The number of hydrogen-bond donors (Lipinski definition) is 1. The standard InChI is InChI=1S/C10H17NO3/c1-2-14-9(12)11-7-3-4-8(11)10(13)5-6-10/h8,13H,2-7H2,1H3/t8-/m0/s1. The molecular formula is C10H17NO3. The number of likely N-dealkylation sites (tertiary alicyclic amines) is 1. The quantitative estimate of drug-likeness (QED) is 0.725. The van der Waals surface area contributed by atoms with E-state index in [1.165, 1.54) is 0 Å². The van der Waals surface area contributed by atoms with E-state index in [-0.39, 0.29) is 12.1 Å². The first-order valence-electron chi connectivity index (χ1n) is 5.33. The maximum absolute atomic E-state index is 11.5. The van der Waals surface area contributed by atoms with Crippen LogP contribution in [0.15, 0.2) is 0 Å². The van der Waals surface area contributed by atoms with Gasteiger partial charge in [-0.15, -0.1) is 0 Å². The molecule has 2 fully saturated rings. The van der Waals surface area contributed by atoms with Crippen LogP contribution in [-0.2, 0) is 4.74 Å². The van der Waals surface area contributed by atoms with Crippen molar-refractivity contribution in [1.29, 1.82) is 0 Å². The average Bonchev–Trinajstić information content (AvgIpc) is 2.72. The minimum atomic E-state index is -0.594. The summed E-state index contributed by atoms with van der Waals surface area (Å²) in [6.45, 7) is 2.93. The van der Waals surface area contributed by atoms with Crippen LogP contribution in [-0.4, -0.2) is 40.9 Å². The van der Waals surface area contributed by atoms with E-state index in [1.54, 1.807) is 11.8 Å². The maximum Gasteiger partial charge on any atom is 0.410 e. The second-order valence-corrected chi connectivity index (χ2v) is 4.15. The average molecular weight is 199 g/mol. The Morgan fingerprint density at radius 1 is 1.64 bits per heavy atom. The highest BCUT2D eigenvalue weighted by Crippen LogP contribution is 2.44. The highest BCUT2D eigenvalue weighted by Gasteiger charge is 2.53. The van der Waals surface area contributed by atoms with Crippen LogP contribution in [0.5, 0.6) is 0 Å². The zero-order valence-electron chi connectivity index (χ0n) is 8.53. The van der Waals surface area contributed by atoms with E-state index < -0.39 is 5.60 Å². The molecule has 14 heavy (non-hydrogen) atoms. The third-order valence-corrected chi connectivity index (χ3v) is 3.14. The lowest BCUT2D eigenvalue weighted by atomic mass is 10.1. The fourth-order valence-electron chi connectivity index (χ4n) is 2.21. The molecule has 1 aliphatic heterocycles. The van der Waals surface area contributed by atoms with Gasteiger partial charge in [-0.05, 0) is 32.6 Å². The summed E-state index contributed by atoms with van der Waals surface area (Å²) in [5.41, 5.74) is -0.594. The summed E-state index contributed by atoms with van der Waals surface area (Å²) < 4.78 is 4.95. The highest BCUT2D eigenvalue weighted by atomic mass is 16.6. The number of carbonyl (C=O) groups is 1. The molecule has 1 heterocycles. The number of carbonyl (C=O) groups excluding carboxylic acids is 1. The molecule has 1 amide bonds. The summed E-state index contributed by atoms with van der Waals surface area (Å²) in [5, 5.41) is 9.97. The van der Waals surface area contributed by atoms with Crippen LogP contribution in [0.25, 0.3) is 0 Å². The summed E-state index contributed by atoms with van der Waals surface area (Å²) in [6.07, 6.45) is 3.28. The van der Waals surface area contributed by atoms with Crippen molar-refractivity contribution < 1.29 is 14.6 Å². The van der Waals surface area contributed by atoms with Crippen LogP contribution >= 0.6 is 0 Å². The predicted octanol–water partition coefficient (Wildman–Crippen LogP) is 1.13. The lowest BCUT2D eigenvalue weighted by molar-refractivity contribution is 0.0391. The van der Waals surface area contributed by atoms with Gasteiger partial charge in [-0.25, -0.2) is 4.79 Å². The second-order valence-electron chi connectivity index (χ2n) is 4.15. The van der Waals surface area contributed by atoms with Crippen LogP contribution in [0.3, 0.4) is 0 Å². The minimum Gasteiger partial charge on any atom is -0.450 e. The smallest absolute Gasteiger partial charge is 0.410 e. The molecule has 1 aliphatic carbocycles. The van der Waals surface area contributed by atoms with Crippen LogP contribution in [0, 0.1) is 0 Å². The summed E-state index contributed by atoms with van der Waals surface area (Å²) in [6, 6.07) is 0.00144. The van der Waals surface area contributed by atoms with Gasteiger partial charge in [0.05, 0.1) is 18.2 Å². The SMILES string of the molecule is CCOC(=O)N1CCC[C@H]1C1(O)CC1. The van der Waals surface area contributed by atoms with Gasteiger partial charge in [0, 0.05) is 6.54 Å². The largest absolute Gasteiger partial charge is 0.450 e. The molecule has 1 saturated heterocycles. The van der Waals surface area contributed by atoms with Crippen molar-refractivity contribution in [2.45, 2.75) is 44.2 Å². The molecule has 0 aromatic carbocycles.